The van der Waals surface area contributed by atoms with E-state index in [-0.39, 0.29) is 29.7 Å². The number of amides is 2. The van der Waals surface area contributed by atoms with Gasteiger partial charge in [0.25, 0.3) is 5.91 Å². The lowest BCUT2D eigenvalue weighted by atomic mass is 10.2. The topological polar surface area (TPSA) is 75.9 Å². The lowest BCUT2D eigenvalue weighted by Gasteiger charge is -2.31. The van der Waals surface area contributed by atoms with Gasteiger partial charge in [0.15, 0.2) is 23.0 Å². The molecule has 0 N–H and O–H groups in total. The van der Waals surface area contributed by atoms with Crippen LogP contribution in [0.1, 0.15) is 16.2 Å². The molecule has 3 rings (SSSR count). The molecular formula is C16H15F2N3O4. The summed E-state index contributed by atoms with van der Waals surface area (Å²) < 4.78 is 36.5. The summed E-state index contributed by atoms with van der Waals surface area (Å²) in [6, 6.07) is 4.37. The zero-order chi connectivity index (χ0) is 17.8. The Morgan fingerprint density at radius 1 is 1.24 bits per heavy atom. The molecule has 2 heterocycles. The summed E-state index contributed by atoms with van der Waals surface area (Å²) in [5.74, 6) is -1.74. The number of benzene rings is 1. The van der Waals surface area contributed by atoms with Crippen molar-refractivity contribution in [2.75, 3.05) is 26.2 Å². The summed E-state index contributed by atoms with van der Waals surface area (Å²) in [4.78, 5) is 26.2. The summed E-state index contributed by atoms with van der Waals surface area (Å²) in [5.41, 5.74) is 0.109. The predicted molar refractivity (Wildman–Crippen MR) is 80.7 cm³/mol. The molecule has 1 aromatic heterocycles. The number of rotatable bonds is 5. The Hall–Kier alpha value is -2.97. The predicted octanol–water partition coefficient (Wildman–Crippen LogP) is 1.45. The number of carbonyl (C=O) groups excluding carboxylic acids is 2. The number of hydrogen-bond acceptors (Lipinski definition) is 5. The average Bonchev–Trinajstić information content (AvgIpc) is 3.09. The Morgan fingerprint density at radius 3 is 2.68 bits per heavy atom. The van der Waals surface area contributed by atoms with Gasteiger partial charge in [-0.25, -0.2) is 8.78 Å². The lowest BCUT2D eigenvalue weighted by molar-refractivity contribution is -0.119. The van der Waals surface area contributed by atoms with Gasteiger partial charge < -0.3 is 19.1 Å². The minimum atomic E-state index is -0.830. The molecule has 7 nitrogen and oxygen atoms in total. The van der Waals surface area contributed by atoms with Crippen molar-refractivity contribution in [2.45, 2.75) is 6.61 Å². The molecule has 0 aliphatic carbocycles. The van der Waals surface area contributed by atoms with Crippen LogP contribution < -0.4 is 4.74 Å². The first-order valence-electron chi connectivity index (χ1n) is 7.59. The SMILES string of the molecule is O=CN1CCN(C(=O)c2cc(COc3ccc(F)cc3F)on2)CC1. The second kappa shape index (κ2) is 7.29. The molecule has 1 aliphatic heterocycles. The molecule has 1 fully saturated rings. The van der Waals surface area contributed by atoms with Gasteiger partial charge in [-0.2, -0.15) is 0 Å². The van der Waals surface area contributed by atoms with Crippen molar-refractivity contribution >= 4 is 12.3 Å². The van der Waals surface area contributed by atoms with Gasteiger partial charge in [-0.3, -0.25) is 9.59 Å². The van der Waals surface area contributed by atoms with E-state index in [1.165, 1.54) is 12.1 Å². The Morgan fingerprint density at radius 2 is 2.00 bits per heavy atom. The number of aromatic nitrogens is 1. The van der Waals surface area contributed by atoms with Crippen molar-refractivity contribution < 1.29 is 27.6 Å². The molecule has 1 aromatic carbocycles. The van der Waals surface area contributed by atoms with E-state index in [0.717, 1.165) is 12.5 Å². The smallest absolute Gasteiger partial charge is 0.276 e. The van der Waals surface area contributed by atoms with Gasteiger partial charge in [0.05, 0.1) is 0 Å². The maximum absolute atomic E-state index is 13.5. The number of ether oxygens (including phenoxy) is 1. The molecule has 0 unspecified atom stereocenters. The van der Waals surface area contributed by atoms with Crippen LogP contribution in [0.15, 0.2) is 28.8 Å². The van der Waals surface area contributed by atoms with Crippen LogP contribution in [0.2, 0.25) is 0 Å². The van der Waals surface area contributed by atoms with Crippen molar-refractivity contribution in [1.82, 2.24) is 15.0 Å². The van der Waals surface area contributed by atoms with E-state index in [2.05, 4.69) is 5.16 Å². The molecule has 0 radical (unpaired) electrons. The highest BCUT2D eigenvalue weighted by atomic mass is 19.1. The molecule has 1 aliphatic rings. The number of nitrogens with zero attached hydrogens (tertiary/aromatic N) is 3. The number of hydrogen-bond donors (Lipinski definition) is 0. The molecule has 132 valence electrons. The lowest BCUT2D eigenvalue weighted by Crippen LogP contribution is -2.48. The van der Waals surface area contributed by atoms with Crippen LogP contribution in [0.25, 0.3) is 0 Å². The van der Waals surface area contributed by atoms with Gasteiger partial charge >= 0.3 is 0 Å². The van der Waals surface area contributed by atoms with Crippen molar-refractivity contribution in [3.63, 3.8) is 0 Å². The standard InChI is InChI=1S/C16H15F2N3O4/c17-11-1-2-15(13(18)7-11)24-9-12-8-14(19-25-12)16(23)21-5-3-20(10-22)4-6-21/h1-2,7-8,10H,3-6,9H2. The minimum absolute atomic E-state index is 0.109. The third-order valence-electron chi connectivity index (χ3n) is 3.79. The number of piperazine rings is 1. The van der Waals surface area contributed by atoms with Crippen LogP contribution in [-0.4, -0.2) is 53.5 Å². The summed E-state index contributed by atoms with van der Waals surface area (Å²) >= 11 is 0. The van der Waals surface area contributed by atoms with Crippen LogP contribution in [0.5, 0.6) is 5.75 Å². The van der Waals surface area contributed by atoms with Gasteiger partial charge in [0, 0.05) is 38.3 Å². The summed E-state index contributed by atoms with van der Waals surface area (Å²) in [7, 11) is 0. The zero-order valence-electron chi connectivity index (χ0n) is 13.2. The second-order valence-corrected chi connectivity index (χ2v) is 5.48. The van der Waals surface area contributed by atoms with Crippen molar-refractivity contribution in [2.24, 2.45) is 0 Å². The molecule has 0 bridgehead atoms. The van der Waals surface area contributed by atoms with E-state index in [9.17, 15) is 18.4 Å². The van der Waals surface area contributed by atoms with Gasteiger partial charge in [-0.1, -0.05) is 5.16 Å². The normalized spacial score (nSPS) is 14.5. The van der Waals surface area contributed by atoms with Gasteiger partial charge in [-0.05, 0) is 12.1 Å². The second-order valence-electron chi connectivity index (χ2n) is 5.48. The first kappa shape index (κ1) is 16.9. The van der Waals surface area contributed by atoms with Crippen molar-refractivity contribution in [3.05, 3.63) is 47.4 Å². The molecule has 25 heavy (non-hydrogen) atoms. The van der Waals surface area contributed by atoms with E-state index in [4.69, 9.17) is 9.26 Å². The van der Waals surface area contributed by atoms with E-state index in [1.807, 2.05) is 0 Å². The molecule has 1 saturated heterocycles. The molecule has 2 aromatic rings. The fourth-order valence-corrected chi connectivity index (χ4v) is 2.42. The highest BCUT2D eigenvalue weighted by molar-refractivity contribution is 5.92. The minimum Gasteiger partial charge on any atom is -0.482 e. The highest BCUT2D eigenvalue weighted by Gasteiger charge is 2.24. The van der Waals surface area contributed by atoms with Crippen LogP contribution >= 0.6 is 0 Å². The third kappa shape index (κ3) is 3.93. The van der Waals surface area contributed by atoms with Crippen molar-refractivity contribution in [3.8, 4) is 5.75 Å². The van der Waals surface area contributed by atoms with Gasteiger partial charge in [0.1, 0.15) is 12.4 Å². The molecule has 9 heteroatoms. The van der Waals surface area contributed by atoms with Crippen LogP contribution in [0.4, 0.5) is 8.78 Å². The van der Waals surface area contributed by atoms with E-state index < -0.39 is 11.6 Å². The van der Waals surface area contributed by atoms with Crippen LogP contribution in [0, 0.1) is 11.6 Å². The average molecular weight is 351 g/mol. The van der Waals surface area contributed by atoms with Gasteiger partial charge in [-0.15, -0.1) is 0 Å². The number of carbonyl (C=O) groups is 2. The monoisotopic (exact) mass is 351 g/mol. The Labute approximate surface area is 141 Å². The summed E-state index contributed by atoms with van der Waals surface area (Å²) in [5, 5.41) is 3.70. The number of halogens is 2. The van der Waals surface area contributed by atoms with E-state index in [1.54, 1.807) is 9.80 Å². The molecule has 0 atom stereocenters. The Balaban J connectivity index is 1.58. The fourth-order valence-electron chi connectivity index (χ4n) is 2.42. The van der Waals surface area contributed by atoms with Crippen LogP contribution in [0.3, 0.4) is 0 Å². The first-order valence-corrected chi connectivity index (χ1v) is 7.59. The summed E-state index contributed by atoms with van der Waals surface area (Å²) in [6.45, 7) is 1.61. The highest BCUT2D eigenvalue weighted by Crippen LogP contribution is 2.19. The maximum atomic E-state index is 13.5. The molecular weight excluding hydrogens is 336 g/mol. The molecule has 0 saturated carbocycles. The summed E-state index contributed by atoms with van der Waals surface area (Å²) in [6.07, 6.45) is 0.752. The molecule has 0 spiro atoms. The maximum Gasteiger partial charge on any atom is 0.276 e. The van der Waals surface area contributed by atoms with Gasteiger partial charge in [0.2, 0.25) is 6.41 Å². The quantitative estimate of drug-likeness (QED) is 0.762. The zero-order valence-corrected chi connectivity index (χ0v) is 13.2. The molecule has 2 amide bonds. The first-order chi connectivity index (χ1) is 12.1. The fraction of sp³-hybridized carbons (Fsp3) is 0.312. The Kier molecular flexibility index (Phi) is 4.92. The van der Waals surface area contributed by atoms with Crippen molar-refractivity contribution in [1.29, 1.82) is 0 Å². The Bertz CT molecular complexity index is 772. The van der Waals surface area contributed by atoms with E-state index >= 15 is 0 Å². The third-order valence-corrected chi connectivity index (χ3v) is 3.79. The largest absolute Gasteiger partial charge is 0.482 e. The van der Waals surface area contributed by atoms with E-state index in [0.29, 0.717) is 32.2 Å². The van der Waals surface area contributed by atoms with Crippen LogP contribution in [-0.2, 0) is 11.4 Å².